The van der Waals surface area contributed by atoms with Crippen LogP contribution < -0.4 is 14.8 Å². The summed E-state index contributed by atoms with van der Waals surface area (Å²) in [5.74, 6) is 0.117. The lowest BCUT2D eigenvalue weighted by Gasteiger charge is -2.15. The Morgan fingerprint density at radius 3 is 2.34 bits per heavy atom. The fourth-order valence-electron chi connectivity index (χ4n) is 3.16. The lowest BCUT2D eigenvalue weighted by atomic mass is 10.1. The molecule has 35 heavy (non-hydrogen) atoms. The average molecular weight is 519 g/mol. The van der Waals surface area contributed by atoms with Crippen LogP contribution in [0.2, 0.25) is 0 Å². The molecule has 0 saturated carbocycles. The second-order valence-electron chi connectivity index (χ2n) is 7.23. The Morgan fingerprint density at radius 1 is 0.886 bits per heavy atom. The van der Waals surface area contributed by atoms with Crippen LogP contribution in [0, 0.1) is 0 Å². The highest BCUT2D eigenvalue weighted by Gasteiger charge is 2.30. The van der Waals surface area contributed by atoms with Gasteiger partial charge in [-0.2, -0.15) is 32.9 Å². The minimum atomic E-state index is -4.57. The van der Waals surface area contributed by atoms with Crippen LogP contribution >= 0.6 is 11.3 Å². The number of hydrogen-bond donors (Lipinski definition) is 2. The number of carbonyl (C=O) groups is 1. The van der Waals surface area contributed by atoms with E-state index in [1.54, 1.807) is 29.6 Å². The van der Waals surface area contributed by atoms with Crippen molar-refractivity contribution in [3.63, 3.8) is 0 Å². The number of nitrogens with one attached hydrogen (secondary N) is 2. The summed E-state index contributed by atoms with van der Waals surface area (Å²) in [7, 11) is -4.23. The van der Waals surface area contributed by atoms with Crippen molar-refractivity contribution in [3.8, 4) is 16.9 Å². The molecule has 0 atom stereocenters. The van der Waals surface area contributed by atoms with Crippen molar-refractivity contribution in [3.05, 3.63) is 95.2 Å². The van der Waals surface area contributed by atoms with E-state index in [0.29, 0.717) is 5.56 Å². The molecule has 0 unspecified atom stereocenters. The van der Waals surface area contributed by atoms with Gasteiger partial charge in [0.05, 0.1) is 11.3 Å². The first-order valence-electron chi connectivity index (χ1n) is 10.0. The van der Waals surface area contributed by atoms with Crippen LogP contribution in [0.25, 0.3) is 11.1 Å². The van der Waals surface area contributed by atoms with E-state index in [1.807, 2.05) is 5.38 Å². The molecular formula is C24H17F3N2O4S2. The van der Waals surface area contributed by atoms with Crippen molar-refractivity contribution in [1.29, 1.82) is 0 Å². The Kier molecular flexibility index (Phi) is 6.81. The van der Waals surface area contributed by atoms with Crippen molar-refractivity contribution in [1.82, 2.24) is 0 Å². The van der Waals surface area contributed by atoms with Crippen molar-refractivity contribution >= 4 is 38.9 Å². The molecule has 0 bridgehead atoms. The second-order valence-corrected chi connectivity index (χ2v) is 9.55. The largest absolute Gasteiger partial charge is 0.416 e. The maximum absolute atomic E-state index is 13.0. The average Bonchev–Trinajstić information content (AvgIpc) is 3.34. The van der Waals surface area contributed by atoms with Crippen molar-refractivity contribution < 1.29 is 30.6 Å². The van der Waals surface area contributed by atoms with Crippen LogP contribution in [0.1, 0.15) is 5.56 Å². The molecule has 180 valence electrons. The van der Waals surface area contributed by atoms with E-state index in [4.69, 9.17) is 4.18 Å². The summed E-state index contributed by atoms with van der Waals surface area (Å²) in [5.41, 5.74) is 0.373. The molecule has 0 aliphatic rings. The van der Waals surface area contributed by atoms with Gasteiger partial charge in [0.2, 0.25) is 0 Å². The molecule has 1 aromatic heterocycles. The predicted octanol–water partition coefficient (Wildman–Crippen LogP) is 6.85. The van der Waals surface area contributed by atoms with Crippen molar-refractivity contribution in [2.45, 2.75) is 11.1 Å². The van der Waals surface area contributed by atoms with Gasteiger partial charge in [-0.25, -0.2) is 4.79 Å². The van der Waals surface area contributed by atoms with Crippen LogP contribution in [0.4, 0.5) is 29.3 Å². The number of halogens is 3. The van der Waals surface area contributed by atoms with Gasteiger partial charge >= 0.3 is 22.3 Å². The Hall–Kier alpha value is -3.83. The highest BCUT2D eigenvalue weighted by Crippen LogP contribution is 2.33. The lowest BCUT2D eigenvalue weighted by Crippen LogP contribution is -2.20. The summed E-state index contributed by atoms with van der Waals surface area (Å²) in [6, 6.07) is 17.1. The summed E-state index contributed by atoms with van der Waals surface area (Å²) in [6.45, 7) is 0. The highest BCUT2D eigenvalue weighted by molar-refractivity contribution is 7.87. The molecular weight excluding hydrogens is 501 g/mol. The third-order valence-electron chi connectivity index (χ3n) is 4.76. The first kappa shape index (κ1) is 24.3. The molecule has 4 aromatic rings. The summed E-state index contributed by atoms with van der Waals surface area (Å²) in [4.78, 5) is 12.4. The number of amides is 2. The van der Waals surface area contributed by atoms with Gasteiger partial charge in [-0.05, 0) is 64.9 Å². The van der Waals surface area contributed by atoms with E-state index >= 15 is 0 Å². The van der Waals surface area contributed by atoms with E-state index in [9.17, 15) is 26.4 Å². The quantitative estimate of drug-likeness (QED) is 0.274. The zero-order valence-electron chi connectivity index (χ0n) is 17.7. The molecule has 0 radical (unpaired) electrons. The predicted molar refractivity (Wildman–Crippen MR) is 128 cm³/mol. The molecule has 3 aromatic carbocycles. The molecule has 0 aliphatic heterocycles. The van der Waals surface area contributed by atoms with Crippen LogP contribution in [0.15, 0.2) is 94.5 Å². The Bertz CT molecular complexity index is 1440. The fraction of sp³-hybridized carbons (Fsp3) is 0.0417. The highest BCUT2D eigenvalue weighted by atomic mass is 32.2. The Labute approximate surface area is 203 Å². The van der Waals surface area contributed by atoms with Crippen LogP contribution in [0.3, 0.4) is 0 Å². The van der Waals surface area contributed by atoms with Crippen LogP contribution in [-0.4, -0.2) is 14.4 Å². The third-order valence-corrected chi connectivity index (χ3v) is 6.68. The van der Waals surface area contributed by atoms with Gasteiger partial charge in [0, 0.05) is 11.3 Å². The van der Waals surface area contributed by atoms with E-state index < -0.39 is 27.9 Å². The second kappa shape index (κ2) is 9.80. The molecule has 0 fully saturated rings. The van der Waals surface area contributed by atoms with Gasteiger partial charge < -0.3 is 14.8 Å². The van der Waals surface area contributed by atoms with E-state index in [0.717, 1.165) is 17.7 Å². The number of para-hydroxylation sites is 1. The number of anilines is 2. The summed E-state index contributed by atoms with van der Waals surface area (Å²) < 4.78 is 69.7. The van der Waals surface area contributed by atoms with E-state index in [-0.39, 0.29) is 22.0 Å². The van der Waals surface area contributed by atoms with Gasteiger partial charge in [-0.1, -0.05) is 30.3 Å². The first-order chi connectivity index (χ1) is 16.6. The minimum Gasteiger partial charge on any atom is -0.379 e. The van der Waals surface area contributed by atoms with Gasteiger partial charge in [-0.3, -0.25) is 0 Å². The third kappa shape index (κ3) is 6.00. The van der Waals surface area contributed by atoms with Crippen LogP contribution in [0.5, 0.6) is 5.75 Å². The number of hydrogen-bond acceptors (Lipinski definition) is 5. The van der Waals surface area contributed by atoms with Gasteiger partial charge in [0.1, 0.15) is 10.6 Å². The minimum absolute atomic E-state index is 0.0782. The molecule has 1 heterocycles. The Balaban J connectivity index is 1.63. The summed E-state index contributed by atoms with van der Waals surface area (Å²) in [5, 5.41) is 8.50. The molecule has 0 saturated heterocycles. The fourth-order valence-corrected chi connectivity index (χ4v) is 4.77. The zero-order chi connectivity index (χ0) is 25.1. The number of urea groups is 1. The van der Waals surface area contributed by atoms with E-state index in [2.05, 4.69) is 10.6 Å². The molecule has 4 rings (SSSR count). The van der Waals surface area contributed by atoms with Gasteiger partial charge in [0.25, 0.3) is 0 Å². The normalized spacial score (nSPS) is 11.6. The number of benzene rings is 3. The number of alkyl halides is 3. The first-order valence-corrected chi connectivity index (χ1v) is 12.4. The molecule has 2 N–H and O–H groups in total. The zero-order valence-corrected chi connectivity index (χ0v) is 19.4. The van der Waals surface area contributed by atoms with Gasteiger partial charge in [-0.15, -0.1) is 0 Å². The maximum atomic E-state index is 13.0. The van der Waals surface area contributed by atoms with Crippen molar-refractivity contribution in [2.75, 3.05) is 10.6 Å². The lowest BCUT2D eigenvalue weighted by molar-refractivity contribution is -0.137. The molecule has 0 spiro atoms. The maximum Gasteiger partial charge on any atom is 0.416 e. The smallest absolute Gasteiger partial charge is 0.379 e. The van der Waals surface area contributed by atoms with Crippen LogP contribution in [-0.2, 0) is 16.3 Å². The standard InChI is InChI=1S/C24H17F3N2O4S2/c25-24(26,27)17-5-4-6-18(13-17)28-23(30)29-22-14-20(9-10-21(22)16-11-12-34-15-16)35(31,32)33-19-7-2-1-3-8-19/h1-15H,(H2,28,29,30). The van der Waals surface area contributed by atoms with Gasteiger partial charge in [0.15, 0.2) is 0 Å². The summed E-state index contributed by atoms with van der Waals surface area (Å²) >= 11 is 1.40. The number of carbonyl (C=O) groups excluding carboxylic acids is 1. The molecule has 6 nitrogen and oxygen atoms in total. The topological polar surface area (TPSA) is 84.5 Å². The SMILES string of the molecule is O=C(Nc1cccc(C(F)(F)F)c1)Nc1cc(S(=O)(=O)Oc2ccccc2)ccc1-c1ccsc1. The summed E-state index contributed by atoms with van der Waals surface area (Å²) in [6.07, 6.45) is -4.57. The van der Waals surface area contributed by atoms with E-state index in [1.165, 1.54) is 53.8 Å². The number of thiophene rings is 1. The Morgan fingerprint density at radius 2 is 1.66 bits per heavy atom. The van der Waals surface area contributed by atoms with Crippen molar-refractivity contribution in [2.24, 2.45) is 0 Å². The molecule has 2 amide bonds. The molecule has 0 aliphatic carbocycles. The molecule has 11 heteroatoms. The number of rotatable bonds is 6. The monoisotopic (exact) mass is 518 g/mol.